The Kier molecular flexibility index (Phi) is 4.43. The Morgan fingerprint density at radius 3 is 2.64 bits per heavy atom. The maximum Gasteiger partial charge on any atom is 0.265 e. The second kappa shape index (κ2) is 5.98. The number of ether oxygens (including phenoxy) is 1. The highest BCUT2D eigenvalue weighted by molar-refractivity contribution is 8.13. The van der Waals surface area contributed by atoms with Gasteiger partial charge in [-0.05, 0) is 24.6 Å². The van der Waals surface area contributed by atoms with Crippen LogP contribution in [-0.2, 0) is 13.8 Å². The molecule has 0 atom stereocenters. The number of rotatable bonds is 4. The van der Waals surface area contributed by atoms with Gasteiger partial charge in [0.1, 0.15) is 10.6 Å². The molecule has 7 nitrogen and oxygen atoms in total. The highest BCUT2D eigenvalue weighted by Crippen LogP contribution is 2.36. The first-order chi connectivity index (χ1) is 10.2. The normalized spacial score (nSPS) is 11.3. The molecule has 0 aliphatic carbocycles. The quantitative estimate of drug-likeness (QED) is 0.856. The highest BCUT2D eigenvalue weighted by atomic mass is 35.7. The van der Waals surface area contributed by atoms with Crippen LogP contribution in [0.3, 0.4) is 0 Å². The Labute approximate surface area is 131 Å². The zero-order valence-corrected chi connectivity index (χ0v) is 13.6. The number of aromatic nitrogens is 1. The van der Waals surface area contributed by atoms with Crippen LogP contribution in [0.25, 0.3) is 11.1 Å². The van der Waals surface area contributed by atoms with Crippen molar-refractivity contribution in [1.29, 1.82) is 0 Å². The van der Waals surface area contributed by atoms with Gasteiger partial charge in [-0.3, -0.25) is 10.1 Å². The third-order valence-corrected chi connectivity index (χ3v) is 4.21. The van der Waals surface area contributed by atoms with E-state index in [9.17, 15) is 13.2 Å². The fraction of sp³-hybridized carbons (Fsp3) is 0.231. The molecule has 0 fully saturated rings. The van der Waals surface area contributed by atoms with E-state index < -0.39 is 9.05 Å². The molecule has 1 amide bonds. The Morgan fingerprint density at radius 2 is 2.09 bits per heavy atom. The summed E-state index contributed by atoms with van der Waals surface area (Å²) >= 11 is 0. The van der Waals surface area contributed by atoms with Gasteiger partial charge in [0.25, 0.3) is 9.05 Å². The molecule has 1 aromatic heterocycles. The van der Waals surface area contributed by atoms with Gasteiger partial charge < -0.3 is 9.26 Å². The summed E-state index contributed by atoms with van der Waals surface area (Å²) in [5.41, 5.74) is 1.44. The average Bonchev–Trinajstić information content (AvgIpc) is 2.77. The number of nitrogens with one attached hydrogen (secondary N) is 1. The van der Waals surface area contributed by atoms with Gasteiger partial charge in [0.05, 0.1) is 18.4 Å². The van der Waals surface area contributed by atoms with Gasteiger partial charge in [-0.15, -0.1) is 0 Å². The van der Waals surface area contributed by atoms with Crippen molar-refractivity contribution in [3.05, 3.63) is 23.9 Å². The minimum atomic E-state index is -4.00. The smallest absolute Gasteiger partial charge is 0.265 e. The fourth-order valence-corrected chi connectivity index (χ4v) is 3.00. The molecular formula is C13H13ClN2O5S. The zero-order valence-electron chi connectivity index (χ0n) is 12.0. The Morgan fingerprint density at radius 1 is 1.41 bits per heavy atom. The molecule has 22 heavy (non-hydrogen) atoms. The van der Waals surface area contributed by atoms with Crippen molar-refractivity contribution in [2.45, 2.75) is 18.7 Å². The second-order valence-corrected chi connectivity index (χ2v) is 6.99. The zero-order chi connectivity index (χ0) is 16.5. The van der Waals surface area contributed by atoms with E-state index in [4.69, 9.17) is 19.9 Å². The number of carbonyl (C=O) groups excluding carboxylic acids is 1. The van der Waals surface area contributed by atoms with Gasteiger partial charge in [-0.25, -0.2) is 8.42 Å². The molecule has 1 aromatic carbocycles. The molecule has 0 aliphatic heterocycles. The van der Waals surface area contributed by atoms with Crippen LogP contribution in [0.4, 0.5) is 5.88 Å². The van der Waals surface area contributed by atoms with E-state index in [0.717, 1.165) is 0 Å². The third kappa shape index (κ3) is 3.23. The molecule has 9 heteroatoms. The average molecular weight is 345 g/mol. The minimum Gasteiger partial charge on any atom is -0.495 e. The Hall–Kier alpha value is -2.06. The van der Waals surface area contributed by atoms with Crippen LogP contribution in [0.1, 0.15) is 12.6 Å². The summed E-state index contributed by atoms with van der Waals surface area (Å²) in [6.07, 6.45) is 0. The number of benzene rings is 1. The monoisotopic (exact) mass is 344 g/mol. The molecule has 2 rings (SSSR count). The first-order valence-electron chi connectivity index (χ1n) is 6.11. The van der Waals surface area contributed by atoms with Crippen molar-refractivity contribution in [3.63, 3.8) is 0 Å². The SMILES string of the molecule is COc1ccc(-c2c(C)noc2NC(C)=O)cc1S(=O)(=O)Cl. The molecule has 1 N–H and O–H groups in total. The van der Waals surface area contributed by atoms with Crippen molar-refractivity contribution >= 4 is 31.5 Å². The first kappa shape index (κ1) is 16.3. The van der Waals surface area contributed by atoms with Crippen molar-refractivity contribution in [2.75, 3.05) is 12.4 Å². The van der Waals surface area contributed by atoms with Gasteiger partial charge in [-0.1, -0.05) is 11.2 Å². The number of amides is 1. The lowest BCUT2D eigenvalue weighted by atomic mass is 10.1. The van der Waals surface area contributed by atoms with Crippen LogP contribution in [0, 0.1) is 6.92 Å². The number of aryl methyl sites for hydroxylation is 1. The van der Waals surface area contributed by atoms with E-state index in [1.165, 1.54) is 26.2 Å². The summed E-state index contributed by atoms with van der Waals surface area (Å²) in [6, 6.07) is 4.43. The van der Waals surface area contributed by atoms with Gasteiger partial charge in [0.2, 0.25) is 11.8 Å². The maximum atomic E-state index is 11.7. The number of nitrogens with zero attached hydrogens (tertiary/aromatic N) is 1. The van der Waals surface area contributed by atoms with Crippen LogP contribution in [-0.4, -0.2) is 26.6 Å². The minimum absolute atomic E-state index is 0.119. The van der Waals surface area contributed by atoms with Crippen LogP contribution < -0.4 is 10.1 Å². The summed E-state index contributed by atoms with van der Waals surface area (Å²) in [5.74, 6) is -0.0851. The van der Waals surface area contributed by atoms with Crippen molar-refractivity contribution in [2.24, 2.45) is 0 Å². The van der Waals surface area contributed by atoms with E-state index >= 15 is 0 Å². The van der Waals surface area contributed by atoms with Gasteiger partial charge >= 0.3 is 0 Å². The second-order valence-electron chi connectivity index (χ2n) is 4.46. The Balaban J connectivity index is 2.64. The molecule has 0 saturated carbocycles. The van der Waals surface area contributed by atoms with E-state index in [2.05, 4.69) is 10.5 Å². The summed E-state index contributed by atoms with van der Waals surface area (Å²) in [4.78, 5) is 11.0. The molecule has 2 aromatic rings. The lowest BCUT2D eigenvalue weighted by Crippen LogP contribution is -2.06. The van der Waals surface area contributed by atoms with Crippen molar-refractivity contribution in [3.8, 4) is 16.9 Å². The number of halogens is 1. The van der Waals surface area contributed by atoms with Crippen molar-refractivity contribution < 1.29 is 22.5 Å². The van der Waals surface area contributed by atoms with Crippen LogP contribution in [0.15, 0.2) is 27.6 Å². The molecular weight excluding hydrogens is 332 g/mol. The number of hydrogen-bond acceptors (Lipinski definition) is 6. The summed E-state index contributed by atoms with van der Waals surface area (Å²) < 4.78 is 33.4. The largest absolute Gasteiger partial charge is 0.495 e. The van der Waals surface area contributed by atoms with E-state index in [1.54, 1.807) is 13.0 Å². The summed E-state index contributed by atoms with van der Waals surface area (Å²) in [6.45, 7) is 2.99. The lowest BCUT2D eigenvalue weighted by Gasteiger charge is -2.09. The van der Waals surface area contributed by atoms with E-state index in [1.807, 2.05) is 0 Å². The van der Waals surface area contributed by atoms with Crippen LogP contribution in [0.5, 0.6) is 5.75 Å². The number of methoxy groups -OCH3 is 1. The topological polar surface area (TPSA) is 98.5 Å². The first-order valence-corrected chi connectivity index (χ1v) is 8.42. The van der Waals surface area contributed by atoms with Crippen LogP contribution >= 0.6 is 10.7 Å². The molecule has 0 aliphatic rings. The molecule has 0 spiro atoms. The number of anilines is 1. The maximum absolute atomic E-state index is 11.7. The molecule has 0 radical (unpaired) electrons. The predicted molar refractivity (Wildman–Crippen MR) is 80.6 cm³/mol. The molecule has 1 heterocycles. The molecule has 0 unspecified atom stereocenters. The predicted octanol–water partition coefficient (Wildman–Crippen LogP) is 2.54. The molecule has 0 saturated heterocycles. The number of hydrogen-bond donors (Lipinski definition) is 1. The van der Waals surface area contributed by atoms with Crippen LogP contribution in [0.2, 0.25) is 0 Å². The Bertz CT molecular complexity index is 829. The highest BCUT2D eigenvalue weighted by Gasteiger charge is 2.22. The number of carbonyl (C=O) groups is 1. The van der Waals surface area contributed by atoms with Crippen molar-refractivity contribution in [1.82, 2.24) is 5.16 Å². The molecule has 0 bridgehead atoms. The van der Waals surface area contributed by atoms with Gasteiger partial charge in [0, 0.05) is 17.6 Å². The lowest BCUT2D eigenvalue weighted by molar-refractivity contribution is -0.114. The van der Waals surface area contributed by atoms with E-state index in [0.29, 0.717) is 16.8 Å². The standard InChI is InChI=1S/C13H13ClN2O5S/c1-7-12(13(21-16-7)15-8(2)17)9-4-5-10(20-3)11(6-9)22(14,18)19/h4-6H,1-3H3,(H,15,17). The summed E-state index contributed by atoms with van der Waals surface area (Å²) in [5, 5.41) is 6.27. The third-order valence-electron chi connectivity index (χ3n) is 2.87. The van der Waals surface area contributed by atoms with Gasteiger partial charge in [0.15, 0.2) is 0 Å². The fourth-order valence-electron chi connectivity index (χ4n) is 1.98. The van der Waals surface area contributed by atoms with E-state index in [-0.39, 0.29) is 22.4 Å². The van der Waals surface area contributed by atoms with Gasteiger partial charge in [-0.2, -0.15) is 0 Å². The summed E-state index contributed by atoms with van der Waals surface area (Å²) in [7, 11) is 2.77. The molecule has 118 valence electrons.